The van der Waals surface area contributed by atoms with Crippen LogP contribution in [0.4, 0.5) is 0 Å². The van der Waals surface area contributed by atoms with E-state index in [1.54, 1.807) is 6.26 Å². The number of nitrogens with one attached hydrogen (secondary N) is 1. The average molecular weight is 405 g/mol. The fraction of sp³-hybridized carbons (Fsp3) is 0.773. The topological polar surface area (TPSA) is 62.5 Å². The van der Waals surface area contributed by atoms with Gasteiger partial charge in [-0.3, -0.25) is 9.89 Å². The van der Waals surface area contributed by atoms with Crippen molar-refractivity contribution in [1.29, 1.82) is 0 Å². The van der Waals surface area contributed by atoms with E-state index in [4.69, 9.17) is 18.9 Å². The Kier molecular flexibility index (Phi) is 7.84. The Bertz CT molecular complexity index is 616. The van der Waals surface area contributed by atoms with E-state index < -0.39 is 0 Å². The highest BCUT2D eigenvalue weighted by Gasteiger charge is 2.33. The van der Waals surface area contributed by atoms with E-state index in [-0.39, 0.29) is 0 Å². The fourth-order valence-corrected chi connectivity index (χ4v) is 4.60. The summed E-state index contributed by atoms with van der Waals surface area (Å²) in [5.74, 6) is 2.72. The van der Waals surface area contributed by atoms with Crippen LogP contribution in [0.2, 0.25) is 0 Å². The van der Waals surface area contributed by atoms with Gasteiger partial charge in [0.05, 0.1) is 25.6 Å². The van der Waals surface area contributed by atoms with Gasteiger partial charge in [-0.1, -0.05) is 0 Å². The van der Waals surface area contributed by atoms with Crippen molar-refractivity contribution in [2.45, 2.75) is 38.2 Å². The van der Waals surface area contributed by atoms with Crippen LogP contribution in [0.15, 0.2) is 27.8 Å². The summed E-state index contributed by atoms with van der Waals surface area (Å²) in [7, 11) is 0. The Morgan fingerprint density at radius 2 is 2.10 bits per heavy atom. The zero-order chi connectivity index (χ0) is 19.7. The molecular weight excluding hydrogens is 368 g/mol. The number of hydrogen-bond acceptors (Lipinski definition) is 5. The van der Waals surface area contributed by atoms with Gasteiger partial charge in [0.1, 0.15) is 5.76 Å². The molecule has 4 rings (SSSR count). The molecule has 1 aromatic rings. The quantitative estimate of drug-likeness (QED) is 0.426. The van der Waals surface area contributed by atoms with E-state index in [0.29, 0.717) is 12.0 Å². The Balaban J connectivity index is 1.29. The molecule has 1 aromatic heterocycles. The average Bonchev–Trinajstić information content (AvgIpc) is 3.29. The molecule has 0 spiro atoms. The van der Waals surface area contributed by atoms with Gasteiger partial charge in [0.2, 0.25) is 0 Å². The predicted octanol–water partition coefficient (Wildman–Crippen LogP) is 1.99. The third-order valence-corrected chi connectivity index (χ3v) is 6.25. The molecule has 7 nitrogen and oxygen atoms in total. The lowest BCUT2D eigenvalue weighted by Gasteiger charge is -2.42. The van der Waals surface area contributed by atoms with E-state index in [1.807, 2.05) is 12.1 Å². The zero-order valence-electron chi connectivity index (χ0n) is 17.6. The number of likely N-dealkylation sites (tertiary alicyclic amines) is 1. The summed E-state index contributed by atoms with van der Waals surface area (Å²) < 4.78 is 16.9. The smallest absolute Gasteiger partial charge is 0.193 e. The minimum absolute atomic E-state index is 0.450. The van der Waals surface area contributed by atoms with Gasteiger partial charge in [-0.15, -0.1) is 0 Å². The lowest BCUT2D eigenvalue weighted by atomic mass is 9.88. The maximum Gasteiger partial charge on any atom is 0.193 e. The van der Waals surface area contributed by atoms with E-state index in [2.05, 4.69) is 15.1 Å². The minimum atomic E-state index is 0.450. The zero-order valence-corrected chi connectivity index (χ0v) is 17.6. The number of furan rings is 1. The monoisotopic (exact) mass is 404 g/mol. The van der Waals surface area contributed by atoms with Gasteiger partial charge >= 0.3 is 0 Å². The van der Waals surface area contributed by atoms with Crippen LogP contribution in [0, 0.1) is 5.92 Å². The summed E-state index contributed by atoms with van der Waals surface area (Å²) in [6.07, 6.45) is 7.73. The molecule has 3 aliphatic rings. The summed E-state index contributed by atoms with van der Waals surface area (Å²) in [4.78, 5) is 9.92. The maximum atomic E-state index is 5.99. The van der Waals surface area contributed by atoms with Crippen molar-refractivity contribution in [1.82, 2.24) is 15.1 Å². The minimum Gasteiger partial charge on any atom is -0.469 e. The molecule has 3 fully saturated rings. The molecule has 0 amide bonds. The molecule has 2 unspecified atom stereocenters. The van der Waals surface area contributed by atoms with Crippen LogP contribution >= 0.6 is 0 Å². The van der Waals surface area contributed by atoms with Crippen LogP contribution in [-0.4, -0.2) is 87.5 Å². The van der Waals surface area contributed by atoms with Crippen LogP contribution in [0.3, 0.4) is 0 Å². The standard InChI is InChI=1S/C22H36N4O3/c1-4-19-18-26(11-7-21(19)29-15-1)22(24-9-6-20-5-2-14-28-20)23-8-3-10-25-12-16-27-17-13-25/h2,5,14,19,21H,1,3-4,6-13,15-18H2,(H,23,24). The Hall–Kier alpha value is -1.57. The molecule has 0 aliphatic carbocycles. The predicted molar refractivity (Wildman–Crippen MR) is 113 cm³/mol. The summed E-state index contributed by atoms with van der Waals surface area (Å²) in [6.45, 7) is 9.65. The number of rotatable bonds is 7. The lowest BCUT2D eigenvalue weighted by Crippen LogP contribution is -2.52. The first-order chi connectivity index (χ1) is 14.4. The van der Waals surface area contributed by atoms with Crippen molar-refractivity contribution in [2.24, 2.45) is 10.9 Å². The van der Waals surface area contributed by atoms with Gasteiger partial charge in [-0.2, -0.15) is 0 Å². The van der Waals surface area contributed by atoms with Crippen molar-refractivity contribution < 1.29 is 13.9 Å². The van der Waals surface area contributed by atoms with Gasteiger partial charge in [-0.25, -0.2) is 0 Å². The maximum absolute atomic E-state index is 5.99. The van der Waals surface area contributed by atoms with E-state index in [1.165, 1.54) is 12.8 Å². The molecule has 162 valence electrons. The SMILES string of the molecule is c1coc(CCNC(=NCCCN2CCOCC2)N2CCC3OCCCC3C2)c1. The second-order valence-electron chi connectivity index (χ2n) is 8.32. The molecule has 7 heteroatoms. The molecule has 3 saturated heterocycles. The summed E-state index contributed by atoms with van der Waals surface area (Å²) in [5.41, 5.74) is 0. The summed E-state index contributed by atoms with van der Waals surface area (Å²) in [6, 6.07) is 3.98. The normalized spacial score (nSPS) is 26.3. The van der Waals surface area contributed by atoms with E-state index >= 15 is 0 Å². The number of hydrogen-bond donors (Lipinski definition) is 1. The summed E-state index contributed by atoms with van der Waals surface area (Å²) in [5, 5.41) is 3.60. The highest BCUT2D eigenvalue weighted by molar-refractivity contribution is 5.80. The van der Waals surface area contributed by atoms with Gasteiger partial charge < -0.3 is 24.1 Å². The van der Waals surface area contributed by atoms with Crippen LogP contribution in [-0.2, 0) is 15.9 Å². The van der Waals surface area contributed by atoms with Crippen molar-refractivity contribution >= 4 is 5.96 Å². The number of aliphatic imine (C=N–C) groups is 1. The molecule has 0 saturated carbocycles. The van der Waals surface area contributed by atoms with E-state index in [0.717, 1.165) is 96.6 Å². The third kappa shape index (κ3) is 6.20. The molecule has 1 N–H and O–H groups in total. The largest absolute Gasteiger partial charge is 0.469 e. The lowest BCUT2D eigenvalue weighted by molar-refractivity contribution is -0.0559. The number of fused-ring (bicyclic) bond motifs is 1. The van der Waals surface area contributed by atoms with Gasteiger partial charge in [0, 0.05) is 64.8 Å². The van der Waals surface area contributed by atoms with Gasteiger partial charge in [0.25, 0.3) is 0 Å². The highest BCUT2D eigenvalue weighted by Crippen LogP contribution is 2.28. The molecule has 0 radical (unpaired) electrons. The number of piperidine rings is 1. The van der Waals surface area contributed by atoms with Crippen LogP contribution in [0.25, 0.3) is 0 Å². The Morgan fingerprint density at radius 3 is 2.97 bits per heavy atom. The van der Waals surface area contributed by atoms with Crippen LogP contribution in [0.5, 0.6) is 0 Å². The molecule has 0 aromatic carbocycles. The summed E-state index contributed by atoms with van der Waals surface area (Å²) >= 11 is 0. The molecule has 29 heavy (non-hydrogen) atoms. The number of nitrogens with zero attached hydrogens (tertiary/aromatic N) is 3. The first-order valence-corrected chi connectivity index (χ1v) is 11.4. The molecule has 2 atom stereocenters. The van der Waals surface area contributed by atoms with Crippen LogP contribution in [0.1, 0.15) is 31.4 Å². The number of ether oxygens (including phenoxy) is 2. The van der Waals surface area contributed by atoms with Gasteiger partial charge in [0.15, 0.2) is 5.96 Å². The molecular formula is C22H36N4O3. The Morgan fingerprint density at radius 1 is 1.17 bits per heavy atom. The second kappa shape index (κ2) is 11.0. The highest BCUT2D eigenvalue weighted by atomic mass is 16.5. The van der Waals surface area contributed by atoms with Crippen molar-refractivity contribution in [3.63, 3.8) is 0 Å². The molecule has 0 bridgehead atoms. The number of guanidine groups is 1. The molecule has 3 aliphatic heterocycles. The molecule has 4 heterocycles. The van der Waals surface area contributed by atoms with Crippen molar-refractivity contribution in [2.75, 3.05) is 65.6 Å². The third-order valence-electron chi connectivity index (χ3n) is 6.25. The second-order valence-corrected chi connectivity index (χ2v) is 8.32. The van der Waals surface area contributed by atoms with Crippen LogP contribution < -0.4 is 5.32 Å². The van der Waals surface area contributed by atoms with Gasteiger partial charge in [-0.05, 0) is 37.8 Å². The van der Waals surface area contributed by atoms with Crippen molar-refractivity contribution in [3.05, 3.63) is 24.2 Å². The fourth-order valence-electron chi connectivity index (χ4n) is 4.60. The first kappa shape index (κ1) is 20.7. The first-order valence-electron chi connectivity index (χ1n) is 11.4. The number of morpholine rings is 1. The Labute approximate surface area is 174 Å². The van der Waals surface area contributed by atoms with E-state index in [9.17, 15) is 0 Å². The van der Waals surface area contributed by atoms with Crippen molar-refractivity contribution in [3.8, 4) is 0 Å².